The Morgan fingerprint density at radius 1 is 1.39 bits per heavy atom. The average Bonchev–Trinajstić information content (AvgIpc) is 2.58. The van der Waals surface area contributed by atoms with Crippen molar-refractivity contribution in [3.63, 3.8) is 0 Å². The third kappa shape index (κ3) is 2.33. The van der Waals surface area contributed by atoms with E-state index in [0.717, 1.165) is 5.56 Å². The number of nitrogens with zero attached hydrogens (tertiary/aromatic N) is 2. The van der Waals surface area contributed by atoms with Gasteiger partial charge >= 0.3 is 0 Å². The van der Waals surface area contributed by atoms with Gasteiger partial charge in [0, 0.05) is 26.7 Å². The van der Waals surface area contributed by atoms with Gasteiger partial charge in [-0.05, 0) is 11.6 Å². The van der Waals surface area contributed by atoms with Gasteiger partial charge in [0.25, 0.3) is 10.2 Å². The summed E-state index contributed by atoms with van der Waals surface area (Å²) in [6.45, 7) is 1.25. The van der Waals surface area contributed by atoms with Crippen molar-refractivity contribution >= 4 is 21.8 Å². The fraction of sp³-hybridized carbons (Fsp3) is 0.455. The molecule has 0 spiro atoms. The van der Waals surface area contributed by atoms with Crippen molar-refractivity contribution in [1.82, 2.24) is 8.61 Å². The van der Waals surface area contributed by atoms with Gasteiger partial charge in [-0.25, -0.2) is 0 Å². The monoisotopic (exact) mass is 290 g/mol. The second-order valence-electron chi connectivity index (χ2n) is 4.10. The van der Waals surface area contributed by atoms with Crippen molar-refractivity contribution in [1.29, 1.82) is 0 Å². The number of halogens is 1. The molecular formula is C11H15ClN2O3S. The Bertz CT molecular complexity index is 547. The van der Waals surface area contributed by atoms with E-state index in [1.54, 1.807) is 25.2 Å². The van der Waals surface area contributed by atoms with E-state index in [2.05, 4.69) is 0 Å². The molecule has 1 heterocycles. The van der Waals surface area contributed by atoms with Crippen molar-refractivity contribution in [3.05, 3.63) is 28.8 Å². The van der Waals surface area contributed by atoms with Crippen molar-refractivity contribution in [2.24, 2.45) is 0 Å². The third-order valence-corrected chi connectivity index (χ3v) is 5.36. The largest absolute Gasteiger partial charge is 0.495 e. The number of hydrogen-bond donors (Lipinski definition) is 0. The van der Waals surface area contributed by atoms with E-state index >= 15 is 0 Å². The average molecular weight is 291 g/mol. The molecule has 0 aliphatic carbocycles. The van der Waals surface area contributed by atoms with Crippen LogP contribution in [-0.2, 0) is 16.8 Å². The quantitative estimate of drug-likeness (QED) is 0.844. The van der Waals surface area contributed by atoms with Crippen molar-refractivity contribution in [2.75, 3.05) is 27.2 Å². The molecule has 0 radical (unpaired) electrons. The van der Waals surface area contributed by atoms with Crippen LogP contribution in [0.4, 0.5) is 0 Å². The molecule has 1 aliphatic rings. The van der Waals surface area contributed by atoms with E-state index in [0.29, 0.717) is 23.9 Å². The van der Waals surface area contributed by atoms with Crippen LogP contribution >= 0.6 is 11.6 Å². The molecule has 100 valence electrons. The molecule has 1 fully saturated rings. The van der Waals surface area contributed by atoms with Gasteiger partial charge < -0.3 is 4.74 Å². The smallest absolute Gasteiger partial charge is 0.282 e. The fourth-order valence-electron chi connectivity index (χ4n) is 1.87. The van der Waals surface area contributed by atoms with Crippen LogP contribution in [0.5, 0.6) is 5.75 Å². The Labute approximate surface area is 112 Å². The van der Waals surface area contributed by atoms with Crippen LogP contribution in [0.3, 0.4) is 0 Å². The lowest BCUT2D eigenvalue weighted by molar-refractivity contribution is 0.411. The van der Waals surface area contributed by atoms with Crippen LogP contribution in [0.2, 0.25) is 5.02 Å². The number of rotatable bonds is 3. The van der Waals surface area contributed by atoms with E-state index in [4.69, 9.17) is 16.3 Å². The molecule has 0 N–H and O–H groups in total. The topological polar surface area (TPSA) is 49.9 Å². The molecule has 1 aliphatic heterocycles. The van der Waals surface area contributed by atoms with Crippen molar-refractivity contribution < 1.29 is 13.2 Å². The Morgan fingerprint density at radius 2 is 2.11 bits per heavy atom. The summed E-state index contributed by atoms with van der Waals surface area (Å²) in [6.07, 6.45) is 0. The predicted octanol–water partition coefficient (Wildman–Crippen LogP) is 1.34. The number of benzene rings is 1. The number of hydrogen-bond acceptors (Lipinski definition) is 3. The normalized spacial score (nSPS) is 20.2. The summed E-state index contributed by atoms with van der Waals surface area (Å²) < 4.78 is 31.7. The highest BCUT2D eigenvalue weighted by Crippen LogP contribution is 2.30. The fourth-order valence-corrected chi connectivity index (χ4v) is 3.45. The van der Waals surface area contributed by atoms with Crippen LogP contribution in [0.1, 0.15) is 5.56 Å². The molecule has 0 saturated carbocycles. The summed E-state index contributed by atoms with van der Waals surface area (Å²) in [7, 11) is -0.228. The first-order valence-corrected chi connectivity index (χ1v) is 7.27. The second kappa shape index (κ2) is 5.05. The zero-order chi connectivity index (χ0) is 13.3. The van der Waals surface area contributed by atoms with Crippen LogP contribution in [0.15, 0.2) is 18.2 Å². The first-order valence-electron chi connectivity index (χ1n) is 5.49. The van der Waals surface area contributed by atoms with Gasteiger partial charge in [-0.1, -0.05) is 23.7 Å². The Hall–Kier alpha value is -0.820. The lowest BCUT2D eigenvalue weighted by Gasteiger charge is -2.17. The minimum absolute atomic E-state index is 0.267. The SMILES string of the molecule is COc1cccc(CN2CCN(C)S2(=O)=O)c1Cl. The molecule has 0 amide bonds. The standard InChI is InChI=1S/C11H15ClN2O3S/c1-13-6-7-14(18(13,15)16)8-9-4-3-5-10(17-2)11(9)12/h3-5H,6-8H2,1-2H3. The van der Waals surface area contributed by atoms with Crippen molar-refractivity contribution in [3.8, 4) is 5.75 Å². The summed E-state index contributed by atoms with van der Waals surface area (Å²) in [5.41, 5.74) is 0.745. The molecule has 0 aromatic heterocycles. The van der Waals surface area contributed by atoms with Crippen molar-refractivity contribution in [2.45, 2.75) is 6.54 Å². The molecular weight excluding hydrogens is 276 g/mol. The Balaban J connectivity index is 2.26. The zero-order valence-electron chi connectivity index (χ0n) is 10.3. The highest BCUT2D eigenvalue weighted by molar-refractivity contribution is 7.86. The van der Waals surface area contributed by atoms with Gasteiger partial charge in [-0.2, -0.15) is 17.0 Å². The van der Waals surface area contributed by atoms with E-state index in [9.17, 15) is 8.42 Å². The predicted molar refractivity (Wildman–Crippen MR) is 70.0 cm³/mol. The minimum atomic E-state index is -3.33. The number of methoxy groups -OCH3 is 1. The first-order chi connectivity index (χ1) is 8.46. The summed E-state index contributed by atoms with van der Waals surface area (Å²) in [6, 6.07) is 5.35. The van der Waals surface area contributed by atoms with Crippen LogP contribution in [0.25, 0.3) is 0 Å². The summed E-state index contributed by atoms with van der Waals surface area (Å²) >= 11 is 6.16. The van der Waals surface area contributed by atoms with Gasteiger partial charge in [0.2, 0.25) is 0 Å². The maximum absolute atomic E-state index is 11.9. The summed E-state index contributed by atoms with van der Waals surface area (Å²) in [5, 5.41) is 0.463. The second-order valence-corrected chi connectivity index (χ2v) is 6.51. The number of ether oxygens (including phenoxy) is 1. The van der Waals surface area contributed by atoms with Crippen LogP contribution in [-0.4, -0.2) is 44.3 Å². The minimum Gasteiger partial charge on any atom is -0.495 e. The number of likely N-dealkylation sites (N-methyl/N-ethyl adjacent to an activating group) is 1. The molecule has 5 nitrogen and oxygen atoms in total. The lowest BCUT2D eigenvalue weighted by Crippen LogP contribution is -2.30. The third-order valence-electron chi connectivity index (χ3n) is 2.99. The molecule has 7 heteroatoms. The van der Waals surface area contributed by atoms with Gasteiger partial charge in [0.15, 0.2) is 0 Å². The van der Waals surface area contributed by atoms with E-state index in [1.807, 2.05) is 0 Å². The highest BCUT2D eigenvalue weighted by Gasteiger charge is 2.33. The zero-order valence-corrected chi connectivity index (χ0v) is 11.8. The molecule has 1 aromatic rings. The van der Waals surface area contributed by atoms with Gasteiger partial charge in [-0.15, -0.1) is 0 Å². The molecule has 18 heavy (non-hydrogen) atoms. The van der Waals surface area contributed by atoms with Crippen LogP contribution in [0, 0.1) is 0 Å². The highest BCUT2D eigenvalue weighted by atomic mass is 35.5. The lowest BCUT2D eigenvalue weighted by atomic mass is 10.2. The van der Waals surface area contributed by atoms with E-state index in [1.165, 1.54) is 15.7 Å². The Kier molecular flexibility index (Phi) is 3.82. The first kappa shape index (κ1) is 13.6. The molecule has 0 unspecified atom stereocenters. The molecule has 0 atom stereocenters. The maximum atomic E-state index is 11.9. The molecule has 1 saturated heterocycles. The molecule has 2 rings (SSSR count). The molecule has 1 aromatic carbocycles. The molecule has 0 bridgehead atoms. The van der Waals surface area contributed by atoms with Gasteiger partial charge in [-0.3, -0.25) is 0 Å². The van der Waals surface area contributed by atoms with E-state index < -0.39 is 10.2 Å². The summed E-state index contributed by atoms with van der Waals surface area (Å²) in [4.78, 5) is 0. The van der Waals surface area contributed by atoms with Gasteiger partial charge in [0.05, 0.1) is 12.1 Å². The van der Waals surface area contributed by atoms with Gasteiger partial charge in [0.1, 0.15) is 5.75 Å². The summed E-state index contributed by atoms with van der Waals surface area (Å²) in [5.74, 6) is 0.555. The Morgan fingerprint density at radius 3 is 2.67 bits per heavy atom. The van der Waals surface area contributed by atoms with E-state index in [-0.39, 0.29) is 6.54 Å². The maximum Gasteiger partial charge on any atom is 0.282 e. The van der Waals surface area contributed by atoms with Crippen LogP contribution < -0.4 is 4.74 Å².